The first kappa shape index (κ1) is 18.9. The van der Waals surface area contributed by atoms with Gasteiger partial charge in [0.05, 0.1) is 12.2 Å². The topological polar surface area (TPSA) is 32.3 Å². The van der Waals surface area contributed by atoms with Crippen LogP contribution in [0.5, 0.6) is 0 Å². The van der Waals surface area contributed by atoms with Gasteiger partial charge in [-0.05, 0) is 61.4 Å². The van der Waals surface area contributed by atoms with Crippen LogP contribution in [0.3, 0.4) is 0 Å². The molecule has 1 N–H and O–H groups in total. The van der Waals surface area contributed by atoms with E-state index in [2.05, 4.69) is 35.3 Å². The van der Waals surface area contributed by atoms with Gasteiger partial charge in [-0.1, -0.05) is 53.7 Å². The fourth-order valence-electron chi connectivity index (χ4n) is 3.50. The number of para-hydroxylation sites is 2. The lowest BCUT2D eigenvalue weighted by molar-refractivity contribution is -0.115. The number of carbonyl (C=O) groups excluding carboxylic acids is 1. The number of carbonyl (C=O) groups is 1. The highest BCUT2D eigenvalue weighted by Crippen LogP contribution is 2.34. The Balaban J connectivity index is 1.47. The van der Waals surface area contributed by atoms with Crippen LogP contribution >= 0.6 is 23.4 Å². The van der Waals surface area contributed by atoms with Gasteiger partial charge in [0, 0.05) is 26.5 Å². The van der Waals surface area contributed by atoms with Crippen LogP contribution in [0.15, 0.2) is 82.6 Å². The predicted octanol–water partition coefficient (Wildman–Crippen LogP) is 5.88. The molecule has 0 bridgehead atoms. The normalized spacial score (nSPS) is 15.4. The van der Waals surface area contributed by atoms with E-state index in [4.69, 9.17) is 11.6 Å². The third-order valence-corrected chi connectivity index (χ3v) is 6.20. The van der Waals surface area contributed by atoms with E-state index in [0.717, 1.165) is 27.6 Å². The van der Waals surface area contributed by atoms with Crippen molar-refractivity contribution in [1.29, 1.82) is 0 Å². The SMILES string of the molecule is C[C@@H]1Cc2ccccc2N1CC(=O)Nc1ccccc1Sc1ccc(Cl)cc1. The zero-order chi connectivity index (χ0) is 19.5. The van der Waals surface area contributed by atoms with E-state index in [-0.39, 0.29) is 5.91 Å². The quantitative estimate of drug-likeness (QED) is 0.572. The number of fused-ring (bicyclic) bond motifs is 1. The molecule has 4 rings (SSSR count). The number of nitrogens with zero attached hydrogens (tertiary/aromatic N) is 1. The molecule has 0 unspecified atom stereocenters. The molecule has 0 aliphatic carbocycles. The molecule has 0 saturated heterocycles. The molecule has 0 radical (unpaired) electrons. The molecule has 1 atom stereocenters. The Kier molecular flexibility index (Phi) is 5.60. The van der Waals surface area contributed by atoms with Crippen molar-refractivity contribution in [3.63, 3.8) is 0 Å². The number of anilines is 2. The van der Waals surface area contributed by atoms with Crippen molar-refractivity contribution in [2.24, 2.45) is 0 Å². The predicted molar refractivity (Wildman–Crippen MR) is 118 cm³/mol. The van der Waals surface area contributed by atoms with Crippen molar-refractivity contribution in [2.45, 2.75) is 29.2 Å². The molecular weight excluding hydrogens is 388 g/mol. The lowest BCUT2D eigenvalue weighted by Crippen LogP contribution is -2.37. The first-order valence-corrected chi connectivity index (χ1v) is 10.5. The van der Waals surface area contributed by atoms with Crippen LogP contribution in [0.1, 0.15) is 12.5 Å². The first-order valence-electron chi connectivity index (χ1n) is 9.27. The molecule has 28 heavy (non-hydrogen) atoms. The molecule has 0 saturated carbocycles. The van der Waals surface area contributed by atoms with Crippen LogP contribution in [-0.4, -0.2) is 18.5 Å². The minimum atomic E-state index is -0.00675. The summed E-state index contributed by atoms with van der Waals surface area (Å²) in [6.07, 6.45) is 0.979. The second kappa shape index (κ2) is 8.29. The second-order valence-corrected chi connectivity index (χ2v) is 8.46. The van der Waals surface area contributed by atoms with Gasteiger partial charge in [-0.3, -0.25) is 4.79 Å². The van der Waals surface area contributed by atoms with Crippen molar-refractivity contribution >= 4 is 40.6 Å². The maximum Gasteiger partial charge on any atom is 0.243 e. The van der Waals surface area contributed by atoms with Crippen molar-refractivity contribution in [3.8, 4) is 0 Å². The van der Waals surface area contributed by atoms with E-state index < -0.39 is 0 Å². The third-order valence-electron chi connectivity index (χ3n) is 4.86. The summed E-state index contributed by atoms with van der Waals surface area (Å²) in [7, 11) is 0. The number of amides is 1. The van der Waals surface area contributed by atoms with Gasteiger partial charge in [0.25, 0.3) is 0 Å². The Bertz CT molecular complexity index is 990. The van der Waals surface area contributed by atoms with Gasteiger partial charge >= 0.3 is 0 Å². The maximum absolute atomic E-state index is 12.8. The highest BCUT2D eigenvalue weighted by Gasteiger charge is 2.27. The standard InChI is InChI=1S/C23H21ClN2OS/c1-16-14-17-6-2-4-8-21(17)26(16)15-23(27)25-20-7-3-5-9-22(20)28-19-12-10-18(24)11-13-19/h2-13,16H,14-15H2,1H3,(H,25,27)/t16-/m1/s1. The minimum absolute atomic E-state index is 0.00675. The Hall–Kier alpha value is -2.43. The molecule has 0 aromatic heterocycles. The molecule has 1 heterocycles. The van der Waals surface area contributed by atoms with Crippen LogP contribution in [0, 0.1) is 0 Å². The monoisotopic (exact) mass is 408 g/mol. The van der Waals surface area contributed by atoms with Gasteiger partial charge in [-0.25, -0.2) is 0 Å². The molecule has 3 nitrogen and oxygen atoms in total. The molecule has 142 valence electrons. The number of benzene rings is 3. The molecule has 1 aliphatic heterocycles. The summed E-state index contributed by atoms with van der Waals surface area (Å²) < 4.78 is 0. The summed E-state index contributed by atoms with van der Waals surface area (Å²) in [4.78, 5) is 17.1. The number of hydrogen-bond acceptors (Lipinski definition) is 3. The minimum Gasteiger partial charge on any atom is -0.359 e. The highest BCUT2D eigenvalue weighted by atomic mass is 35.5. The molecule has 1 aliphatic rings. The van der Waals surface area contributed by atoms with Crippen LogP contribution in [0.25, 0.3) is 0 Å². The average Bonchev–Trinajstić information content (AvgIpc) is 3.00. The summed E-state index contributed by atoms with van der Waals surface area (Å²) in [5, 5.41) is 3.81. The lowest BCUT2D eigenvalue weighted by atomic mass is 10.1. The first-order chi connectivity index (χ1) is 13.6. The van der Waals surface area contributed by atoms with Gasteiger partial charge in [-0.2, -0.15) is 0 Å². The fraction of sp³-hybridized carbons (Fsp3) is 0.174. The fourth-order valence-corrected chi connectivity index (χ4v) is 4.53. The Morgan fingerprint density at radius 1 is 1.07 bits per heavy atom. The molecule has 3 aromatic carbocycles. The van der Waals surface area contributed by atoms with Crippen molar-refractivity contribution in [2.75, 3.05) is 16.8 Å². The van der Waals surface area contributed by atoms with Gasteiger partial charge in [0.2, 0.25) is 5.91 Å². The van der Waals surface area contributed by atoms with Crippen molar-refractivity contribution < 1.29 is 4.79 Å². The van der Waals surface area contributed by atoms with Gasteiger partial charge in [0.15, 0.2) is 0 Å². The zero-order valence-electron chi connectivity index (χ0n) is 15.6. The number of nitrogens with one attached hydrogen (secondary N) is 1. The Morgan fingerprint density at radius 2 is 1.79 bits per heavy atom. The number of hydrogen-bond donors (Lipinski definition) is 1. The largest absolute Gasteiger partial charge is 0.359 e. The highest BCUT2D eigenvalue weighted by molar-refractivity contribution is 7.99. The third kappa shape index (κ3) is 4.18. The van der Waals surface area contributed by atoms with E-state index in [1.54, 1.807) is 11.8 Å². The summed E-state index contributed by atoms with van der Waals surface area (Å²) in [6.45, 7) is 2.51. The van der Waals surface area contributed by atoms with E-state index in [1.807, 2.05) is 54.6 Å². The molecule has 0 spiro atoms. The van der Waals surface area contributed by atoms with E-state index in [9.17, 15) is 4.79 Å². The maximum atomic E-state index is 12.8. The molecule has 0 fully saturated rings. The number of rotatable bonds is 5. The summed E-state index contributed by atoms with van der Waals surface area (Å²) in [5.41, 5.74) is 3.29. The van der Waals surface area contributed by atoms with Crippen LogP contribution in [-0.2, 0) is 11.2 Å². The molecule has 3 aromatic rings. The van der Waals surface area contributed by atoms with E-state index in [0.29, 0.717) is 17.6 Å². The summed E-state index contributed by atoms with van der Waals surface area (Å²) >= 11 is 7.58. The van der Waals surface area contributed by atoms with E-state index >= 15 is 0 Å². The van der Waals surface area contributed by atoms with Crippen molar-refractivity contribution in [3.05, 3.63) is 83.4 Å². The van der Waals surface area contributed by atoms with Crippen molar-refractivity contribution in [1.82, 2.24) is 0 Å². The smallest absolute Gasteiger partial charge is 0.243 e. The van der Waals surface area contributed by atoms with Crippen LogP contribution < -0.4 is 10.2 Å². The van der Waals surface area contributed by atoms with E-state index in [1.165, 1.54) is 5.56 Å². The van der Waals surface area contributed by atoms with Gasteiger partial charge < -0.3 is 10.2 Å². The van der Waals surface area contributed by atoms with Crippen LogP contribution in [0.4, 0.5) is 11.4 Å². The lowest BCUT2D eigenvalue weighted by Gasteiger charge is -2.24. The van der Waals surface area contributed by atoms with Gasteiger partial charge in [0.1, 0.15) is 0 Å². The molecule has 1 amide bonds. The van der Waals surface area contributed by atoms with Crippen LogP contribution in [0.2, 0.25) is 5.02 Å². The average molecular weight is 409 g/mol. The van der Waals surface area contributed by atoms with Gasteiger partial charge in [-0.15, -0.1) is 0 Å². The summed E-state index contributed by atoms with van der Waals surface area (Å²) in [6, 6.07) is 24.2. The Morgan fingerprint density at radius 3 is 2.61 bits per heavy atom. The second-order valence-electron chi connectivity index (χ2n) is 6.91. The zero-order valence-corrected chi connectivity index (χ0v) is 17.1. The molecular formula is C23H21ClN2OS. The Labute approximate surface area is 174 Å². The number of halogens is 1. The summed E-state index contributed by atoms with van der Waals surface area (Å²) in [5.74, 6) is -0.00675. The molecule has 5 heteroatoms.